The summed E-state index contributed by atoms with van der Waals surface area (Å²) in [7, 11) is 0. The van der Waals surface area contributed by atoms with Gasteiger partial charge in [-0.3, -0.25) is 0 Å². The van der Waals surface area contributed by atoms with Gasteiger partial charge in [0.05, 0.1) is 11.4 Å². The third-order valence-electron chi connectivity index (χ3n) is 3.55. The number of carboxylic acids is 1. The van der Waals surface area contributed by atoms with E-state index < -0.39 is 5.97 Å². The predicted molar refractivity (Wildman–Crippen MR) is 85.4 cm³/mol. The van der Waals surface area contributed by atoms with Gasteiger partial charge >= 0.3 is 5.97 Å². The minimum Gasteiger partial charge on any atom is -0.476 e. The zero-order chi connectivity index (χ0) is 15.7. The molecular formula is C18H16N2O2. The van der Waals surface area contributed by atoms with E-state index in [1.54, 1.807) is 10.7 Å². The molecular weight excluding hydrogens is 276 g/mol. The summed E-state index contributed by atoms with van der Waals surface area (Å²) in [6, 6.07) is 17.4. The molecule has 0 saturated heterocycles. The number of aromatic nitrogens is 2. The Bertz CT molecular complexity index is 752. The van der Waals surface area contributed by atoms with Gasteiger partial charge in [-0.2, -0.15) is 5.10 Å². The fourth-order valence-electron chi connectivity index (χ4n) is 2.30. The quantitative estimate of drug-likeness (QED) is 0.797. The second-order valence-electron chi connectivity index (χ2n) is 5.33. The molecule has 1 aromatic heterocycles. The van der Waals surface area contributed by atoms with Crippen molar-refractivity contribution in [3.05, 3.63) is 71.4 Å². The first kappa shape index (κ1) is 14.1. The van der Waals surface area contributed by atoms with Crippen LogP contribution in [0.2, 0.25) is 0 Å². The van der Waals surface area contributed by atoms with Crippen molar-refractivity contribution in [1.82, 2.24) is 9.78 Å². The van der Waals surface area contributed by atoms with Crippen molar-refractivity contribution in [3.8, 4) is 16.9 Å². The van der Waals surface area contributed by atoms with Crippen molar-refractivity contribution in [2.24, 2.45) is 0 Å². The second kappa shape index (κ2) is 5.48. The predicted octanol–water partition coefficient (Wildman–Crippen LogP) is 3.85. The van der Waals surface area contributed by atoms with Crippen LogP contribution in [0.3, 0.4) is 0 Å². The van der Waals surface area contributed by atoms with E-state index >= 15 is 0 Å². The lowest BCUT2D eigenvalue weighted by atomic mass is 10.1. The Labute approximate surface area is 128 Å². The molecule has 3 rings (SSSR count). The first-order chi connectivity index (χ1) is 10.5. The molecule has 4 nitrogen and oxygen atoms in total. The minimum absolute atomic E-state index is 0.0381. The van der Waals surface area contributed by atoms with Gasteiger partial charge in [-0.05, 0) is 32.0 Å². The van der Waals surface area contributed by atoms with Crippen LogP contribution in [0.1, 0.15) is 21.6 Å². The van der Waals surface area contributed by atoms with Crippen LogP contribution in [0.4, 0.5) is 0 Å². The van der Waals surface area contributed by atoms with E-state index in [2.05, 4.69) is 5.10 Å². The first-order valence-corrected chi connectivity index (χ1v) is 7.02. The van der Waals surface area contributed by atoms with Gasteiger partial charge in [-0.25, -0.2) is 9.48 Å². The SMILES string of the molecule is Cc1ccc(-c2cc(C(=O)O)nn2-c2ccc(C)cc2)cc1. The number of aryl methyl sites for hydroxylation is 2. The van der Waals surface area contributed by atoms with Crippen LogP contribution in [-0.4, -0.2) is 20.9 Å². The maximum absolute atomic E-state index is 11.3. The average molecular weight is 292 g/mol. The van der Waals surface area contributed by atoms with Gasteiger partial charge in [0.15, 0.2) is 5.69 Å². The number of rotatable bonds is 3. The number of nitrogens with zero attached hydrogens (tertiary/aromatic N) is 2. The number of hydrogen-bond acceptors (Lipinski definition) is 2. The van der Waals surface area contributed by atoms with Crippen LogP contribution in [0, 0.1) is 13.8 Å². The number of hydrogen-bond donors (Lipinski definition) is 1. The summed E-state index contributed by atoms with van der Waals surface area (Å²) in [4.78, 5) is 11.3. The largest absolute Gasteiger partial charge is 0.476 e. The maximum Gasteiger partial charge on any atom is 0.356 e. The van der Waals surface area contributed by atoms with Gasteiger partial charge in [0.1, 0.15) is 0 Å². The van der Waals surface area contributed by atoms with Crippen molar-refractivity contribution in [3.63, 3.8) is 0 Å². The molecule has 0 spiro atoms. The summed E-state index contributed by atoms with van der Waals surface area (Å²) < 4.78 is 1.67. The zero-order valence-corrected chi connectivity index (χ0v) is 12.4. The number of aromatic carboxylic acids is 1. The Morgan fingerprint density at radius 2 is 1.50 bits per heavy atom. The van der Waals surface area contributed by atoms with Crippen molar-refractivity contribution in [1.29, 1.82) is 0 Å². The highest BCUT2D eigenvalue weighted by molar-refractivity contribution is 5.87. The lowest BCUT2D eigenvalue weighted by Gasteiger charge is -2.08. The van der Waals surface area contributed by atoms with Crippen molar-refractivity contribution >= 4 is 5.97 Å². The smallest absolute Gasteiger partial charge is 0.356 e. The molecule has 110 valence electrons. The van der Waals surface area contributed by atoms with Crippen molar-refractivity contribution in [2.75, 3.05) is 0 Å². The molecule has 0 radical (unpaired) electrons. The van der Waals surface area contributed by atoms with E-state index in [-0.39, 0.29) is 5.69 Å². The van der Waals surface area contributed by atoms with Crippen LogP contribution >= 0.6 is 0 Å². The van der Waals surface area contributed by atoms with E-state index in [4.69, 9.17) is 0 Å². The Kier molecular flexibility index (Phi) is 3.51. The van der Waals surface area contributed by atoms with Crippen molar-refractivity contribution in [2.45, 2.75) is 13.8 Å². The van der Waals surface area contributed by atoms with E-state index in [0.717, 1.165) is 28.1 Å². The molecule has 0 unspecified atom stereocenters. The molecule has 0 amide bonds. The van der Waals surface area contributed by atoms with Gasteiger partial charge in [0, 0.05) is 5.56 Å². The molecule has 1 heterocycles. The molecule has 0 aliphatic carbocycles. The molecule has 0 aliphatic heterocycles. The molecule has 0 saturated carbocycles. The highest BCUT2D eigenvalue weighted by atomic mass is 16.4. The third kappa shape index (κ3) is 2.63. The minimum atomic E-state index is -1.03. The van der Waals surface area contributed by atoms with Gasteiger partial charge < -0.3 is 5.11 Å². The van der Waals surface area contributed by atoms with Crippen LogP contribution in [-0.2, 0) is 0 Å². The first-order valence-electron chi connectivity index (χ1n) is 7.02. The van der Waals surface area contributed by atoms with Crippen LogP contribution in [0.25, 0.3) is 16.9 Å². The highest BCUT2D eigenvalue weighted by Crippen LogP contribution is 2.24. The number of benzene rings is 2. The Balaban J connectivity index is 2.17. The summed E-state index contributed by atoms with van der Waals surface area (Å²) in [5.74, 6) is -1.03. The zero-order valence-electron chi connectivity index (χ0n) is 12.4. The summed E-state index contributed by atoms with van der Waals surface area (Å²) in [5, 5.41) is 13.5. The summed E-state index contributed by atoms with van der Waals surface area (Å²) in [6.45, 7) is 4.03. The lowest BCUT2D eigenvalue weighted by Crippen LogP contribution is -2.02. The fourth-order valence-corrected chi connectivity index (χ4v) is 2.30. The second-order valence-corrected chi connectivity index (χ2v) is 5.33. The van der Waals surface area contributed by atoms with Crippen LogP contribution < -0.4 is 0 Å². The van der Waals surface area contributed by atoms with Gasteiger partial charge in [-0.15, -0.1) is 0 Å². The third-order valence-corrected chi connectivity index (χ3v) is 3.55. The molecule has 0 bridgehead atoms. The summed E-state index contributed by atoms with van der Waals surface area (Å²) in [6.07, 6.45) is 0. The molecule has 0 atom stereocenters. The molecule has 3 aromatic rings. The van der Waals surface area contributed by atoms with Crippen molar-refractivity contribution < 1.29 is 9.90 Å². The molecule has 1 N–H and O–H groups in total. The van der Waals surface area contributed by atoms with Crippen LogP contribution in [0.5, 0.6) is 0 Å². The molecule has 0 fully saturated rings. The summed E-state index contributed by atoms with van der Waals surface area (Å²) in [5.41, 5.74) is 4.88. The fraction of sp³-hybridized carbons (Fsp3) is 0.111. The molecule has 22 heavy (non-hydrogen) atoms. The van der Waals surface area contributed by atoms with E-state index in [9.17, 15) is 9.90 Å². The van der Waals surface area contributed by atoms with E-state index in [1.165, 1.54) is 0 Å². The van der Waals surface area contributed by atoms with Gasteiger partial charge in [0.2, 0.25) is 0 Å². The molecule has 2 aromatic carbocycles. The Morgan fingerprint density at radius 3 is 2.05 bits per heavy atom. The topological polar surface area (TPSA) is 55.1 Å². The van der Waals surface area contributed by atoms with Crippen LogP contribution in [0.15, 0.2) is 54.6 Å². The Hall–Kier alpha value is -2.88. The number of carboxylic acid groups (broad SMARTS) is 1. The van der Waals surface area contributed by atoms with E-state index in [0.29, 0.717) is 0 Å². The average Bonchev–Trinajstić information content (AvgIpc) is 2.94. The number of carbonyl (C=O) groups is 1. The standard InChI is InChI=1S/C18H16N2O2/c1-12-3-7-14(8-4-12)17-11-16(18(21)22)19-20(17)15-9-5-13(2)6-10-15/h3-11H,1-2H3,(H,21,22). The molecule has 4 heteroatoms. The highest BCUT2D eigenvalue weighted by Gasteiger charge is 2.15. The monoisotopic (exact) mass is 292 g/mol. The maximum atomic E-state index is 11.3. The summed E-state index contributed by atoms with van der Waals surface area (Å²) >= 11 is 0. The Morgan fingerprint density at radius 1 is 0.955 bits per heavy atom. The normalized spacial score (nSPS) is 10.6. The molecule has 0 aliphatic rings. The van der Waals surface area contributed by atoms with Gasteiger partial charge in [0.25, 0.3) is 0 Å². The van der Waals surface area contributed by atoms with Gasteiger partial charge in [-0.1, -0.05) is 47.5 Å². The van der Waals surface area contributed by atoms with E-state index in [1.807, 2.05) is 62.4 Å². The lowest BCUT2D eigenvalue weighted by molar-refractivity contribution is 0.0690.